The molecule has 4 N–H and O–H groups in total. The highest BCUT2D eigenvalue weighted by molar-refractivity contribution is 7.99. The van der Waals surface area contributed by atoms with Crippen LogP contribution in [0.15, 0.2) is 47.4 Å². The van der Waals surface area contributed by atoms with E-state index in [1.54, 1.807) is 0 Å². The van der Waals surface area contributed by atoms with Crippen molar-refractivity contribution in [2.45, 2.75) is 61.1 Å². The Balaban J connectivity index is 1.63. The zero-order valence-electron chi connectivity index (χ0n) is 16.6. The molecule has 2 aliphatic rings. The Morgan fingerprint density at radius 3 is 2.31 bits per heavy atom. The number of rotatable bonds is 4. The van der Waals surface area contributed by atoms with Gasteiger partial charge in [0.1, 0.15) is 30.5 Å². The van der Waals surface area contributed by atoms with Gasteiger partial charge in [-0.3, -0.25) is 0 Å². The highest BCUT2D eigenvalue weighted by Gasteiger charge is 2.44. The van der Waals surface area contributed by atoms with Gasteiger partial charge < -0.3 is 25.2 Å². The van der Waals surface area contributed by atoms with E-state index < -0.39 is 37.1 Å². The van der Waals surface area contributed by atoms with Gasteiger partial charge in [0.2, 0.25) is 0 Å². The summed E-state index contributed by atoms with van der Waals surface area (Å²) in [6.07, 6.45) is -5.68. The molecule has 6 heteroatoms. The van der Waals surface area contributed by atoms with E-state index in [9.17, 15) is 20.4 Å². The van der Waals surface area contributed by atoms with E-state index in [0.29, 0.717) is 5.92 Å². The molecule has 0 radical (unpaired) electrons. The molecule has 0 spiro atoms. The Morgan fingerprint density at radius 2 is 1.66 bits per heavy atom. The first kappa shape index (κ1) is 20.8. The molecule has 4 rings (SSSR count). The second-order valence-corrected chi connectivity index (χ2v) is 9.29. The van der Waals surface area contributed by atoms with Crippen molar-refractivity contribution in [2.75, 3.05) is 12.4 Å². The molecule has 1 fully saturated rings. The predicted molar refractivity (Wildman–Crippen MR) is 112 cm³/mol. The van der Waals surface area contributed by atoms with E-state index in [1.807, 2.05) is 30.0 Å². The maximum absolute atomic E-state index is 10.5. The molecule has 6 atom stereocenters. The van der Waals surface area contributed by atoms with Crippen LogP contribution in [-0.4, -0.2) is 57.2 Å². The quantitative estimate of drug-likeness (QED) is 0.613. The number of hydrogen-bond acceptors (Lipinski definition) is 6. The van der Waals surface area contributed by atoms with Gasteiger partial charge in [0.15, 0.2) is 0 Å². The topological polar surface area (TPSA) is 90.2 Å². The van der Waals surface area contributed by atoms with Gasteiger partial charge in [-0.1, -0.05) is 50.2 Å². The normalized spacial score (nSPS) is 31.8. The summed E-state index contributed by atoms with van der Waals surface area (Å²) in [7, 11) is 0. The lowest BCUT2D eigenvalue weighted by Gasteiger charge is -2.40. The van der Waals surface area contributed by atoms with Gasteiger partial charge in [0, 0.05) is 16.6 Å². The number of aliphatic hydroxyl groups is 4. The number of fused-ring (bicyclic) bond motifs is 1. The molecule has 5 unspecified atom stereocenters. The Bertz CT molecular complexity index is 851. The van der Waals surface area contributed by atoms with Gasteiger partial charge in [-0.25, -0.2) is 0 Å². The van der Waals surface area contributed by atoms with E-state index in [-0.39, 0.29) is 5.92 Å². The first-order valence-corrected chi connectivity index (χ1v) is 11.1. The van der Waals surface area contributed by atoms with Gasteiger partial charge in [-0.2, -0.15) is 0 Å². The van der Waals surface area contributed by atoms with E-state index >= 15 is 0 Å². The first-order valence-electron chi connectivity index (χ1n) is 10.1. The maximum Gasteiger partial charge on any atom is 0.113 e. The monoisotopic (exact) mass is 416 g/mol. The standard InChI is InChI=1S/C23H28O5S/c1-12(2)13-3-5-14(6-4-13)17-11-29-19-8-7-15(9-16(17)19)23-22(27)21(26)20(25)18(10-24)28-23/h3-9,12,17-18,20-27H,10-11H2,1-2H3/t17-,18?,20?,21?,22?,23?/m0/s1. The summed E-state index contributed by atoms with van der Waals surface area (Å²) in [4.78, 5) is 1.20. The molecule has 5 nitrogen and oxygen atoms in total. The fourth-order valence-corrected chi connectivity index (χ4v) is 5.43. The summed E-state index contributed by atoms with van der Waals surface area (Å²) in [6.45, 7) is 3.94. The zero-order valence-corrected chi connectivity index (χ0v) is 17.4. The van der Waals surface area contributed by atoms with Crippen LogP contribution in [0.1, 0.15) is 54.0 Å². The van der Waals surface area contributed by atoms with Crippen molar-refractivity contribution >= 4 is 11.8 Å². The second-order valence-electron chi connectivity index (χ2n) is 8.23. The summed E-state index contributed by atoms with van der Waals surface area (Å²) < 4.78 is 5.74. The van der Waals surface area contributed by atoms with E-state index in [1.165, 1.54) is 21.6 Å². The predicted octanol–water partition coefficient (Wildman–Crippen LogP) is 2.56. The van der Waals surface area contributed by atoms with Crippen molar-refractivity contribution in [1.82, 2.24) is 0 Å². The smallest absolute Gasteiger partial charge is 0.113 e. The van der Waals surface area contributed by atoms with Gasteiger partial charge in [0.05, 0.1) is 6.61 Å². The van der Waals surface area contributed by atoms with Gasteiger partial charge in [0.25, 0.3) is 0 Å². The van der Waals surface area contributed by atoms with Crippen LogP contribution in [0.3, 0.4) is 0 Å². The maximum atomic E-state index is 10.5. The number of benzene rings is 2. The van der Waals surface area contributed by atoms with Crippen LogP contribution in [0.4, 0.5) is 0 Å². The molecular formula is C23H28O5S. The molecule has 0 bridgehead atoms. The zero-order chi connectivity index (χ0) is 20.7. The molecule has 0 saturated carbocycles. The third-order valence-corrected chi connectivity index (χ3v) is 7.22. The second kappa shape index (κ2) is 8.38. The summed E-state index contributed by atoms with van der Waals surface area (Å²) in [6, 6.07) is 14.7. The fourth-order valence-electron chi connectivity index (χ4n) is 4.18. The number of ether oxygens (including phenoxy) is 1. The average Bonchev–Trinajstić information content (AvgIpc) is 3.15. The molecule has 0 aliphatic carbocycles. The Labute approximate surface area is 175 Å². The van der Waals surface area contributed by atoms with Crippen LogP contribution in [0.5, 0.6) is 0 Å². The molecule has 0 aromatic heterocycles. The van der Waals surface area contributed by atoms with Gasteiger partial charge in [-0.15, -0.1) is 11.8 Å². The van der Waals surface area contributed by atoms with Crippen molar-refractivity contribution < 1.29 is 25.2 Å². The van der Waals surface area contributed by atoms with Crippen molar-refractivity contribution in [3.63, 3.8) is 0 Å². The summed E-state index contributed by atoms with van der Waals surface area (Å²) >= 11 is 1.81. The molecular weight excluding hydrogens is 388 g/mol. The fraction of sp³-hybridized carbons (Fsp3) is 0.478. The molecule has 0 amide bonds. The Hall–Kier alpha value is -1.41. The molecule has 156 valence electrons. The summed E-state index contributed by atoms with van der Waals surface area (Å²) in [5, 5.41) is 40.1. The van der Waals surface area contributed by atoms with Crippen LogP contribution in [-0.2, 0) is 4.74 Å². The highest BCUT2D eigenvalue weighted by atomic mass is 32.2. The van der Waals surface area contributed by atoms with Crippen LogP contribution in [0.25, 0.3) is 0 Å². The van der Waals surface area contributed by atoms with E-state index in [2.05, 4.69) is 38.1 Å². The van der Waals surface area contributed by atoms with Crippen molar-refractivity contribution in [3.8, 4) is 0 Å². The molecule has 29 heavy (non-hydrogen) atoms. The van der Waals surface area contributed by atoms with Crippen molar-refractivity contribution in [2.24, 2.45) is 0 Å². The molecule has 2 heterocycles. The van der Waals surface area contributed by atoms with Crippen molar-refractivity contribution in [1.29, 1.82) is 0 Å². The molecule has 2 aliphatic heterocycles. The highest BCUT2D eigenvalue weighted by Crippen LogP contribution is 2.45. The lowest BCUT2D eigenvalue weighted by Crippen LogP contribution is -2.55. The van der Waals surface area contributed by atoms with Crippen LogP contribution in [0.2, 0.25) is 0 Å². The minimum Gasteiger partial charge on any atom is -0.394 e. The Morgan fingerprint density at radius 1 is 0.966 bits per heavy atom. The number of thioether (sulfide) groups is 1. The number of aliphatic hydroxyl groups excluding tert-OH is 4. The number of hydrogen-bond donors (Lipinski definition) is 4. The van der Waals surface area contributed by atoms with Gasteiger partial charge >= 0.3 is 0 Å². The average molecular weight is 417 g/mol. The van der Waals surface area contributed by atoms with Crippen LogP contribution in [0, 0.1) is 0 Å². The van der Waals surface area contributed by atoms with Crippen LogP contribution >= 0.6 is 11.8 Å². The molecule has 1 saturated heterocycles. The third kappa shape index (κ3) is 3.85. The Kier molecular flexibility index (Phi) is 6.02. The van der Waals surface area contributed by atoms with Gasteiger partial charge in [-0.05, 0) is 34.2 Å². The first-order chi connectivity index (χ1) is 13.9. The SMILES string of the molecule is CC(C)c1ccc([C@@H]2CSc3ccc(C4OC(CO)C(O)C(O)C4O)cc32)cc1. The molecule has 2 aromatic rings. The van der Waals surface area contributed by atoms with Crippen molar-refractivity contribution in [3.05, 3.63) is 64.7 Å². The van der Waals surface area contributed by atoms with E-state index in [0.717, 1.165) is 11.3 Å². The lowest BCUT2D eigenvalue weighted by atomic mass is 9.87. The lowest BCUT2D eigenvalue weighted by molar-refractivity contribution is -0.231. The van der Waals surface area contributed by atoms with E-state index in [4.69, 9.17) is 4.74 Å². The van der Waals surface area contributed by atoms with Crippen LogP contribution < -0.4 is 0 Å². The summed E-state index contributed by atoms with van der Waals surface area (Å²) in [5.74, 6) is 1.70. The molecule has 2 aromatic carbocycles. The largest absolute Gasteiger partial charge is 0.394 e. The third-order valence-electron chi connectivity index (χ3n) is 6.04. The summed E-state index contributed by atoms with van der Waals surface area (Å²) in [5.41, 5.74) is 4.50. The minimum absolute atomic E-state index is 0.251. The minimum atomic E-state index is -1.37.